The first-order chi connectivity index (χ1) is 14.7. The van der Waals surface area contributed by atoms with Crippen molar-refractivity contribution >= 4 is 39.0 Å². The van der Waals surface area contributed by atoms with Gasteiger partial charge in [-0.2, -0.15) is 0 Å². The molecule has 0 atom stereocenters. The van der Waals surface area contributed by atoms with Gasteiger partial charge in [-0.05, 0) is 42.5 Å². The second-order valence-corrected chi connectivity index (χ2v) is 8.87. The predicted molar refractivity (Wildman–Crippen MR) is 116 cm³/mol. The molecule has 3 aromatic carbocycles. The Kier molecular flexibility index (Phi) is 6.94. The van der Waals surface area contributed by atoms with Crippen LogP contribution in [0.25, 0.3) is 0 Å². The second-order valence-electron chi connectivity index (χ2n) is 6.45. The number of anilines is 1. The number of sulfone groups is 1. The largest absolute Gasteiger partial charge is 0.455 e. The third-order valence-corrected chi connectivity index (χ3v) is 5.49. The van der Waals surface area contributed by atoms with Crippen molar-refractivity contribution in [3.05, 3.63) is 83.4 Å². The van der Waals surface area contributed by atoms with Gasteiger partial charge in [0.2, 0.25) is 0 Å². The van der Waals surface area contributed by atoms with Crippen LogP contribution in [-0.2, 0) is 19.4 Å². The summed E-state index contributed by atoms with van der Waals surface area (Å²) in [7, 11) is -3.54. The molecule has 31 heavy (non-hydrogen) atoms. The lowest BCUT2D eigenvalue weighted by atomic mass is 10.2. The van der Waals surface area contributed by atoms with Crippen LogP contribution in [0.5, 0.6) is 11.5 Å². The van der Waals surface area contributed by atoms with Crippen molar-refractivity contribution in [3.63, 3.8) is 0 Å². The highest BCUT2D eigenvalue weighted by molar-refractivity contribution is 7.90. The van der Waals surface area contributed by atoms with E-state index >= 15 is 0 Å². The summed E-state index contributed by atoms with van der Waals surface area (Å²) >= 11 is 5.97. The lowest BCUT2D eigenvalue weighted by Gasteiger charge is -2.12. The monoisotopic (exact) mass is 459 g/mol. The lowest BCUT2D eigenvalue weighted by Crippen LogP contribution is -2.21. The highest BCUT2D eigenvalue weighted by Crippen LogP contribution is 2.29. The topological polar surface area (TPSA) is 98.8 Å². The summed E-state index contributed by atoms with van der Waals surface area (Å²) in [4.78, 5) is 24.5. The molecular weight excluding hydrogens is 442 g/mol. The molecule has 1 amide bonds. The summed E-state index contributed by atoms with van der Waals surface area (Å²) in [5.41, 5.74) is 0.245. The van der Waals surface area contributed by atoms with Gasteiger partial charge in [-0.3, -0.25) is 4.79 Å². The van der Waals surface area contributed by atoms with E-state index in [1.54, 1.807) is 36.4 Å². The van der Waals surface area contributed by atoms with Crippen molar-refractivity contribution in [1.82, 2.24) is 0 Å². The molecule has 0 spiro atoms. The van der Waals surface area contributed by atoms with Gasteiger partial charge >= 0.3 is 5.97 Å². The van der Waals surface area contributed by atoms with Crippen molar-refractivity contribution in [2.24, 2.45) is 0 Å². The maximum absolute atomic E-state index is 12.3. The second kappa shape index (κ2) is 9.63. The van der Waals surface area contributed by atoms with E-state index in [0.717, 1.165) is 12.3 Å². The fourth-order valence-corrected chi connectivity index (χ4v) is 3.40. The molecule has 0 unspecified atom stereocenters. The number of benzene rings is 3. The van der Waals surface area contributed by atoms with Gasteiger partial charge in [0.05, 0.1) is 21.2 Å². The van der Waals surface area contributed by atoms with Crippen molar-refractivity contribution in [2.45, 2.75) is 4.90 Å². The van der Waals surface area contributed by atoms with Gasteiger partial charge in [-0.1, -0.05) is 41.9 Å². The van der Waals surface area contributed by atoms with Crippen molar-refractivity contribution in [2.75, 3.05) is 18.2 Å². The lowest BCUT2D eigenvalue weighted by molar-refractivity contribution is -0.119. The number of carbonyl (C=O) groups excluding carboxylic acids is 2. The highest BCUT2D eigenvalue weighted by Gasteiger charge is 2.18. The van der Waals surface area contributed by atoms with E-state index < -0.39 is 28.3 Å². The van der Waals surface area contributed by atoms with Crippen LogP contribution in [0.1, 0.15) is 10.4 Å². The molecule has 0 saturated carbocycles. The third-order valence-electron chi connectivity index (χ3n) is 4.05. The molecular formula is C22H18ClNO6S. The Hall–Kier alpha value is -3.36. The van der Waals surface area contributed by atoms with E-state index in [0.29, 0.717) is 17.2 Å². The van der Waals surface area contributed by atoms with E-state index in [2.05, 4.69) is 5.32 Å². The Morgan fingerprint density at radius 1 is 0.968 bits per heavy atom. The summed E-state index contributed by atoms with van der Waals surface area (Å²) < 4.78 is 34.1. The molecule has 0 fully saturated rings. The summed E-state index contributed by atoms with van der Waals surface area (Å²) in [5, 5.41) is 2.63. The average Bonchev–Trinajstić information content (AvgIpc) is 2.73. The number of esters is 1. The van der Waals surface area contributed by atoms with Crippen LogP contribution in [0.3, 0.4) is 0 Å². The molecule has 1 N–H and O–H groups in total. The van der Waals surface area contributed by atoms with Crippen molar-refractivity contribution < 1.29 is 27.5 Å². The number of nitrogens with one attached hydrogen (secondary N) is 1. The first kappa shape index (κ1) is 22.3. The van der Waals surface area contributed by atoms with Crippen LogP contribution in [0.2, 0.25) is 5.02 Å². The van der Waals surface area contributed by atoms with Gasteiger partial charge in [0, 0.05) is 6.26 Å². The molecule has 9 heteroatoms. The predicted octanol–water partition coefficient (Wildman–Crippen LogP) is 4.33. The Morgan fingerprint density at radius 3 is 2.35 bits per heavy atom. The normalized spacial score (nSPS) is 10.9. The van der Waals surface area contributed by atoms with Crippen molar-refractivity contribution in [3.8, 4) is 11.5 Å². The summed E-state index contributed by atoms with van der Waals surface area (Å²) in [6.07, 6.45) is 1.01. The van der Waals surface area contributed by atoms with E-state index in [1.165, 1.54) is 12.1 Å². The Balaban J connectivity index is 1.66. The van der Waals surface area contributed by atoms with Crippen LogP contribution < -0.4 is 10.1 Å². The van der Waals surface area contributed by atoms with Crippen LogP contribution in [0, 0.1) is 0 Å². The third kappa shape index (κ3) is 6.07. The minimum absolute atomic E-state index is 0.0133. The minimum atomic E-state index is -3.54. The first-order valence-electron chi connectivity index (χ1n) is 9.02. The molecule has 7 nitrogen and oxygen atoms in total. The molecule has 0 radical (unpaired) electrons. The molecule has 0 bridgehead atoms. The number of halogens is 1. The quantitative estimate of drug-likeness (QED) is 0.528. The van der Waals surface area contributed by atoms with Gasteiger partial charge in [-0.25, -0.2) is 13.2 Å². The molecule has 0 saturated heterocycles. The van der Waals surface area contributed by atoms with Gasteiger partial charge in [0.1, 0.15) is 5.75 Å². The molecule has 0 aromatic heterocycles. The Morgan fingerprint density at radius 2 is 1.65 bits per heavy atom. The molecule has 0 aliphatic heterocycles. The van der Waals surface area contributed by atoms with E-state index in [1.807, 2.05) is 18.2 Å². The first-order valence-corrected chi connectivity index (χ1v) is 11.3. The van der Waals surface area contributed by atoms with Gasteiger partial charge < -0.3 is 14.8 Å². The maximum Gasteiger partial charge on any atom is 0.340 e. The van der Waals surface area contributed by atoms with Crippen LogP contribution in [0.15, 0.2) is 77.7 Å². The standard InChI is InChI=1S/C22H18ClNO6S/c1-31(27,28)16-11-12-18(23)17(13-16)22(26)29-14-21(25)24-19-9-5-6-10-20(19)30-15-7-3-2-4-8-15/h2-13H,14H2,1H3,(H,24,25). The van der Waals surface area contributed by atoms with Crippen molar-refractivity contribution in [1.29, 1.82) is 0 Å². The minimum Gasteiger partial charge on any atom is -0.455 e. The summed E-state index contributed by atoms with van der Waals surface area (Å²) in [6.45, 7) is -0.599. The fourth-order valence-electron chi connectivity index (χ4n) is 2.56. The number of rotatable bonds is 7. The number of para-hydroxylation sites is 3. The van der Waals surface area contributed by atoms with Crippen LogP contribution >= 0.6 is 11.6 Å². The Labute approximate surface area is 184 Å². The van der Waals surface area contributed by atoms with E-state index in [9.17, 15) is 18.0 Å². The molecule has 160 valence electrons. The molecule has 3 rings (SSSR count). The molecule has 3 aromatic rings. The fraction of sp³-hybridized carbons (Fsp3) is 0.0909. The number of carbonyl (C=O) groups is 2. The average molecular weight is 460 g/mol. The van der Waals surface area contributed by atoms with Gasteiger partial charge in [0.15, 0.2) is 22.2 Å². The smallest absolute Gasteiger partial charge is 0.340 e. The highest BCUT2D eigenvalue weighted by atomic mass is 35.5. The summed E-state index contributed by atoms with van der Waals surface area (Å²) in [6, 6.07) is 19.5. The number of amides is 1. The molecule has 0 heterocycles. The number of hydrogen-bond acceptors (Lipinski definition) is 6. The van der Waals surface area contributed by atoms with Crippen LogP contribution in [-0.4, -0.2) is 33.2 Å². The zero-order chi connectivity index (χ0) is 22.4. The summed E-state index contributed by atoms with van der Waals surface area (Å²) in [5.74, 6) is -0.513. The van der Waals surface area contributed by atoms with Gasteiger partial charge in [-0.15, -0.1) is 0 Å². The zero-order valence-corrected chi connectivity index (χ0v) is 17.9. The zero-order valence-electron chi connectivity index (χ0n) is 16.4. The Bertz CT molecular complexity index is 1210. The van der Waals surface area contributed by atoms with Crippen LogP contribution in [0.4, 0.5) is 5.69 Å². The number of hydrogen-bond donors (Lipinski definition) is 1. The molecule has 0 aliphatic rings. The molecule has 0 aliphatic carbocycles. The SMILES string of the molecule is CS(=O)(=O)c1ccc(Cl)c(C(=O)OCC(=O)Nc2ccccc2Oc2ccccc2)c1. The maximum atomic E-state index is 12.3. The van der Waals surface area contributed by atoms with E-state index in [4.69, 9.17) is 21.1 Å². The van der Waals surface area contributed by atoms with Gasteiger partial charge in [0.25, 0.3) is 5.91 Å². The number of ether oxygens (including phenoxy) is 2. The van der Waals surface area contributed by atoms with E-state index in [-0.39, 0.29) is 15.5 Å².